The highest BCUT2D eigenvalue weighted by atomic mass is 35.5. The van der Waals surface area contributed by atoms with Gasteiger partial charge >= 0.3 is 0 Å². The Labute approximate surface area is 184 Å². The molecule has 7 heteroatoms. The first-order valence-corrected chi connectivity index (χ1v) is 10.5. The molecule has 1 aromatic heterocycles. The lowest BCUT2D eigenvalue weighted by Crippen LogP contribution is -2.33. The Kier molecular flexibility index (Phi) is 7.08. The number of aliphatic hydroxyl groups excluding tert-OH is 1. The van der Waals surface area contributed by atoms with Crippen molar-refractivity contribution in [1.29, 1.82) is 0 Å². The van der Waals surface area contributed by atoms with Crippen LogP contribution >= 0.6 is 23.2 Å². The van der Waals surface area contributed by atoms with Crippen molar-refractivity contribution >= 4 is 29.0 Å². The highest BCUT2D eigenvalue weighted by Crippen LogP contribution is 2.34. The number of hydrogen-bond acceptors (Lipinski definition) is 4. The summed E-state index contributed by atoms with van der Waals surface area (Å²) in [6.07, 6.45) is 0.833. The molecule has 0 fully saturated rings. The molecule has 0 aliphatic rings. The first-order chi connectivity index (χ1) is 14.4. The minimum absolute atomic E-state index is 0.0689. The summed E-state index contributed by atoms with van der Waals surface area (Å²) in [6.45, 7) is 3.28. The van der Waals surface area contributed by atoms with E-state index in [0.29, 0.717) is 38.9 Å². The second kappa shape index (κ2) is 9.56. The molecule has 0 radical (unpaired) electrons. The van der Waals surface area contributed by atoms with Crippen LogP contribution in [0.1, 0.15) is 43.1 Å². The molecule has 1 N–H and O–H groups in total. The molecule has 0 amide bonds. The number of ketones is 1. The van der Waals surface area contributed by atoms with Gasteiger partial charge in [-0.2, -0.15) is 5.10 Å². The van der Waals surface area contributed by atoms with Crippen molar-refractivity contribution in [2.75, 3.05) is 6.61 Å². The predicted molar refractivity (Wildman–Crippen MR) is 120 cm³/mol. The van der Waals surface area contributed by atoms with Gasteiger partial charge in [-0.1, -0.05) is 54.4 Å². The van der Waals surface area contributed by atoms with E-state index in [9.17, 15) is 14.7 Å². The van der Waals surface area contributed by atoms with E-state index in [2.05, 4.69) is 5.10 Å². The van der Waals surface area contributed by atoms with Gasteiger partial charge in [0.2, 0.25) is 0 Å². The second-order valence-electron chi connectivity index (χ2n) is 7.07. The zero-order valence-corrected chi connectivity index (χ0v) is 18.2. The van der Waals surface area contributed by atoms with Crippen LogP contribution in [0.4, 0.5) is 0 Å². The maximum absolute atomic E-state index is 13.3. The van der Waals surface area contributed by atoms with E-state index >= 15 is 0 Å². The smallest absolute Gasteiger partial charge is 0.278 e. The van der Waals surface area contributed by atoms with Gasteiger partial charge in [-0.15, -0.1) is 0 Å². The van der Waals surface area contributed by atoms with Crippen LogP contribution in [0.25, 0.3) is 22.4 Å². The molecule has 3 aromatic rings. The van der Waals surface area contributed by atoms with E-state index in [1.807, 2.05) is 6.92 Å². The summed E-state index contributed by atoms with van der Waals surface area (Å²) in [5, 5.41) is 15.3. The third-order valence-corrected chi connectivity index (χ3v) is 5.31. The number of hydrogen-bond donors (Lipinski definition) is 1. The molecule has 0 saturated heterocycles. The molecule has 0 saturated carbocycles. The fourth-order valence-corrected chi connectivity index (χ4v) is 3.49. The third kappa shape index (κ3) is 4.48. The van der Waals surface area contributed by atoms with Gasteiger partial charge in [-0.05, 0) is 43.2 Å². The zero-order chi connectivity index (χ0) is 21.8. The van der Waals surface area contributed by atoms with E-state index in [1.54, 1.807) is 55.5 Å². The van der Waals surface area contributed by atoms with E-state index in [-0.39, 0.29) is 24.4 Å². The maximum Gasteiger partial charge on any atom is 0.278 e. The number of Topliss-reactive ketones (excluding diaryl/α,β-unsaturated/α-hetero) is 1. The molecular weight excluding hydrogens is 423 g/mol. The van der Waals surface area contributed by atoms with Crippen LogP contribution in [0.2, 0.25) is 10.0 Å². The van der Waals surface area contributed by atoms with Crippen molar-refractivity contribution in [3.8, 4) is 22.4 Å². The zero-order valence-electron chi connectivity index (χ0n) is 16.7. The fourth-order valence-electron chi connectivity index (χ4n) is 3.24. The predicted octanol–water partition coefficient (Wildman–Crippen LogP) is 5.42. The Morgan fingerprint density at radius 3 is 2.07 bits per heavy atom. The van der Waals surface area contributed by atoms with Gasteiger partial charge in [-0.3, -0.25) is 9.59 Å². The number of nitrogens with zero attached hydrogens (tertiary/aromatic N) is 2. The molecule has 0 aliphatic carbocycles. The van der Waals surface area contributed by atoms with Crippen LogP contribution in [0, 0.1) is 0 Å². The fraction of sp³-hybridized carbons (Fsp3) is 0.261. The molecule has 1 heterocycles. The van der Waals surface area contributed by atoms with E-state index in [4.69, 9.17) is 23.2 Å². The molecule has 0 spiro atoms. The number of aromatic nitrogens is 2. The SMILES string of the molecule is CCCC(=O)c1c(-c2ccc(Cl)cc2)c(-c2ccc(Cl)cc2)nn(C(C)CO)c1=O. The van der Waals surface area contributed by atoms with Crippen molar-refractivity contribution in [3.05, 3.63) is 74.5 Å². The molecule has 2 aromatic carbocycles. The van der Waals surface area contributed by atoms with Crippen molar-refractivity contribution in [3.63, 3.8) is 0 Å². The Balaban J connectivity index is 2.44. The monoisotopic (exact) mass is 444 g/mol. The van der Waals surface area contributed by atoms with Crippen LogP contribution in [0.15, 0.2) is 53.3 Å². The number of rotatable bonds is 7. The highest BCUT2D eigenvalue weighted by molar-refractivity contribution is 6.31. The maximum atomic E-state index is 13.3. The molecule has 5 nitrogen and oxygen atoms in total. The van der Waals surface area contributed by atoms with Crippen LogP contribution in [0.3, 0.4) is 0 Å². The van der Waals surface area contributed by atoms with E-state index in [0.717, 1.165) is 0 Å². The molecule has 3 rings (SSSR count). The van der Waals surface area contributed by atoms with Gasteiger partial charge < -0.3 is 5.11 Å². The molecule has 1 unspecified atom stereocenters. The topological polar surface area (TPSA) is 72.2 Å². The van der Waals surface area contributed by atoms with E-state index < -0.39 is 11.6 Å². The Morgan fingerprint density at radius 2 is 1.57 bits per heavy atom. The Morgan fingerprint density at radius 1 is 1.03 bits per heavy atom. The van der Waals surface area contributed by atoms with Gasteiger partial charge in [0, 0.05) is 27.6 Å². The summed E-state index contributed by atoms with van der Waals surface area (Å²) in [7, 11) is 0. The number of carbonyl (C=O) groups is 1. The average molecular weight is 445 g/mol. The summed E-state index contributed by atoms with van der Waals surface area (Å²) >= 11 is 12.1. The minimum Gasteiger partial charge on any atom is -0.394 e. The lowest BCUT2D eigenvalue weighted by atomic mass is 9.92. The summed E-state index contributed by atoms with van der Waals surface area (Å²) < 4.78 is 1.19. The minimum atomic E-state index is -0.587. The first kappa shape index (κ1) is 22.2. The molecule has 1 atom stereocenters. The number of benzene rings is 2. The number of carbonyl (C=O) groups excluding carboxylic acids is 1. The van der Waals surface area contributed by atoms with Gasteiger partial charge in [-0.25, -0.2) is 4.68 Å². The second-order valence-corrected chi connectivity index (χ2v) is 7.94. The van der Waals surface area contributed by atoms with Gasteiger partial charge in [0.25, 0.3) is 5.56 Å². The van der Waals surface area contributed by atoms with Crippen molar-refractivity contribution in [1.82, 2.24) is 9.78 Å². The molecule has 156 valence electrons. The summed E-state index contributed by atoms with van der Waals surface area (Å²) in [6, 6.07) is 13.4. The Hall–Kier alpha value is -2.47. The third-order valence-electron chi connectivity index (χ3n) is 4.80. The standard InChI is InChI=1S/C23H22Cl2N2O3/c1-3-4-19(29)21-20(15-5-9-17(24)10-6-15)22(16-7-11-18(25)12-8-16)26-27(23(21)30)14(2)13-28/h5-12,14,28H,3-4,13H2,1-2H3. The van der Waals surface area contributed by atoms with Gasteiger partial charge in [0.05, 0.1) is 23.9 Å². The quantitative estimate of drug-likeness (QED) is 0.493. The highest BCUT2D eigenvalue weighted by Gasteiger charge is 2.26. The largest absolute Gasteiger partial charge is 0.394 e. The average Bonchev–Trinajstić information content (AvgIpc) is 2.74. The van der Waals surface area contributed by atoms with Gasteiger partial charge in [0.15, 0.2) is 5.78 Å². The van der Waals surface area contributed by atoms with Gasteiger partial charge in [0.1, 0.15) is 0 Å². The number of halogens is 2. The number of aliphatic hydroxyl groups is 1. The molecule has 30 heavy (non-hydrogen) atoms. The summed E-state index contributed by atoms with van der Waals surface area (Å²) in [5.41, 5.74) is 1.84. The van der Waals surface area contributed by atoms with Crippen LogP contribution < -0.4 is 5.56 Å². The molecular formula is C23H22Cl2N2O3. The van der Waals surface area contributed by atoms with E-state index in [1.165, 1.54) is 4.68 Å². The molecule has 0 bridgehead atoms. The van der Waals surface area contributed by atoms with Crippen molar-refractivity contribution < 1.29 is 9.90 Å². The lowest BCUT2D eigenvalue weighted by Gasteiger charge is -2.19. The first-order valence-electron chi connectivity index (χ1n) is 9.70. The van der Waals surface area contributed by atoms with Crippen molar-refractivity contribution in [2.45, 2.75) is 32.7 Å². The van der Waals surface area contributed by atoms with Crippen molar-refractivity contribution in [2.24, 2.45) is 0 Å². The summed E-state index contributed by atoms with van der Waals surface area (Å²) in [4.78, 5) is 26.4. The molecule has 0 aliphatic heterocycles. The summed E-state index contributed by atoms with van der Waals surface area (Å²) in [5.74, 6) is -0.260. The van der Waals surface area contributed by atoms with Crippen LogP contribution in [-0.4, -0.2) is 27.3 Å². The Bertz CT molecular complexity index is 1110. The van der Waals surface area contributed by atoms with Crippen LogP contribution in [0.5, 0.6) is 0 Å². The normalized spacial score (nSPS) is 12.0. The van der Waals surface area contributed by atoms with Crippen LogP contribution in [-0.2, 0) is 0 Å². The lowest BCUT2D eigenvalue weighted by molar-refractivity contribution is 0.0979.